The minimum absolute atomic E-state index is 0.0522. The molecule has 0 spiro atoms. The topological polar surface area (TPSA) is 92.6 Å². The van der Waals surface area contributed by atoms with Crippen LogP contribution in [-0.2, 0) is 21.4 Å². The molecule has 0 N–H and O–H groups in total. The number of nitrogens with zero attached hydrogens (tertiary/aromatic N) is 4. The molecule has 2 aromatic heterocycles. The van der Waals surface area contributed by atoms with Crippen LogP contribution in [0.3, 0.4) is 0 Å². The molecule has 2 unspecified atom stereocenters. The van der Waals surface area contributed by atoms with Crippen molar-refractivity contribution in [1.82, 2.24) is 18.8 Å². The van der Waals surface area contributed by atoms with Gasteiger partial charge in [0.15, 0.2) is 0 Å². The molecule has 178 valence electrons. The summed E-state index contributed by atoms with van der Waals surface area (Å²) in [7, 11) is -3.85. The van der Waals surface area contributed by atoms with Crippen LogP contribution in [0.2, 0.25) is 0 Å². The molecule has 3 rings (SSSR count). The highest BCUT2D eigenvalue weighted by Gasteiger charge is 2.35. The highest BCUT2D eigenvalue weighted by Crippen LogP contribution is 2.35. The summed E-state index contributed by atoms with van der Waals surface area (Å²) in [6.07, 6.45) is 4.20. The zero-order valence-electron chi connectivity index (χ0n) is 19.6. The van der Waals surface area contributed by atoms with Gasteiger partial charge in [0.2, 0.25) is 15.9 Å². The summed E-state index contributed by atoms with van der Waals surface area (Å²) in [5, 5.41) is 0.102. The second-order valence-corrected chi connectivity index (χ2v) is 12.0. The van der Waals surface area contributed by atoms with Crippen LogP contribution in [0.25, 0.3) is 10.2 Å². The number of carbonyl (C=O) groups is 1. The number of amides is 1. The Bertz CT molecular complexity index is 1130. The van der Waals surface area contributed by atoms with E-state index in [1.807, 2.05) is 6.92 Å². The van der Waals surface area contributed by atoms with E-state index in [0.29, 0.717) is 35.9 Å². The molecule has 1 aliphatic rings. The fraction of sp³-hybridized carbons (Fsp3) is 0.682. The Kier molecular flexibility index (Phi) is 7.77. The molecule has 2 aromatic rings. The molecule has 1 saturated heterocycles. The lowest BCUT2D eigenvalue weighted by Crippen LogP contribution is -2.43. The van der Waals surface area contributed by atoms with E-state index in [1.165, 1.54) is 26.5 Å². The summed E-state index contributed by atoms with van der Waals surface area (Å²) in [6, 6.07) is 0. The summed E-state index contributed by atoms with van der Waals surface area (Å²) >= 11 is 1.21. The first kappa shape index (κ1) is 24.9. The van der Waals surface area contributed by atoms with Gasteiger partial charge in [0, 0.05) is 31.1 Å². The number of piperidine rings is 1. The maximum atomic E-state index is 13.6. The Balaban J connectivity index is 2.02. The van der Waals surface area contributed by atoms with Crippen molar-refractivity contribution in [2.45, 2.75) is 65.3 Å². The van der Waals surface area contributed by atoms with Crippen molar-refractivity contribution in [1.29, 1.82) is 0 Å². The van der Waals surface area contributed by atoms with Crippen LogP contribution in [0.4, 0.5) is 0 Å². The number of aryl methyl sites for hydroxylation is 1. The molecule has 0 saturated carbocycles. The molecule has 32 heavy (non-hydrogen) atoms. The predicted molar refractivity (Wildman–Crippen MR) is 127 cm³/mol. The number of hydrogen-bond acceptors (Lipinski definition) is 6. The number of unbranched alkanes of at least 4 members (excludes halogenated alkanes) is 1. The van der Waals surface area contributed by atoms with E-state index in [4.69, 9.17) is 0 Å². The second kappa shape index (κ2) is 10.0. The summed E-state index contributed by atoms with van der Waals surface area (Å²) < 4.78 is 30.0. The van der Waals surface area contributed by atoms with Crippen LogP contribution in [0, 0.1) is 18.8 Å². The number of thiophene rings is 1. The number of rotatable bonds is 8. The standard InChI is InChI=1S/C22H34N4O4S2/c1-6-8-9-24(7-2)18(27)13-25-14-23-21-19(22(25)28)20(17(5)31-21)32(29,30)26-11-15(3)10-16(4)12-26/h14-16H,6-13H2,1-5H3. The van der Waals surface area contributed by atoms with Gasteiger partial charge < -0.3 is 4.90 Å². The minimum Gasteiger partial charge on any atom is -0.341 e. The number of carbonyl (C=O) groups excluding carboxylic acids is 1. The van der Waals surface area contributed by atoms with Crippen molar-refractivity contribution in [2.24, 2.45) is 11.8 Å². The largest absolute Gasteiger partial charge is 0.341 e. The zero-order valence-corrected chi connectivity index (χ0v) is 21.3. The van der Waals surface area contributed by atoms with Gasteiger partial charge in [-0.05, 0) is 38.5 Å². The molecule has 1 fully saturated rings. The Hall–Kier alpha value is -1.78. The predicted octanol–water partition coefficient (Wildman–Crippen LogP) is 3.08. The monoisotopic (exact) mass is 482 g/mol. The third-order valence-corrected chi connectivity index (χ3v) is 9.20. The Morgan fingerprint density at radius 2 is 1.91 bits per heavy atom. The van der Waals surface area contributed by atoms with Crippen LogP contribution in [0.1, 0.15) is 51.8 Å². The van der Waals surface area contributed by atoms with E-state index < -0.39 is 15.6 Å². The van der Waals surface area contributed by atoms with Gasteiger partial charge in [0.1, 0.15) is 16.3 Å². The lowest BCUT2D eigenvalue weighted by Gasteiger charge is -2.34. The van der Waals surface area contributed by atoms with Crippen molar-refractivity contribution in [3.63, 3.8) is 0 Å². The third kappa shape index (κ3) is 4.92. The number of hydrogen-bond donors (Lipinski definition) is 0. The fourth-order valence-corrected chi connectivity index (χ4v) is 7.87. The van der Waals surface area contributed by atoms with Crippen molar-refractivity contribution in [2.75, 3.05) is 26.2 Å². The van der Waals surface area contributed by atoms with Gasteiger partial charge in [-0.2, -0.15) is 4.31 Å². The van der Waals surface area contributed by atoms with Crippen molar-refractivity contribution >= 4 is 37.5 Å². The maximum absolute atomic E-state index is 13.6. The minimum atomic E-state index is -3.85. The molecule has 10 heteroatoms. The number of likely N-dealkylation sites (N-methyl/N-ethyl adjacent to an activating group) is 1. The van der Waals surface area contributed by atoms with E-state index in [0.717, 1.165) is 19.3 Å². The van der Waals surface area contributed by atoms with E-state index in [1.54, 1.807) is 11.8 Å². The molecule has 8 nitrogen and oxygen atoms in total. The van der Waals surface area contributed by atoms with E-state index in [9.17, 15) is 18.0 Å². The average Bonchev–Trinajstić information content (AvgIpc) is 3.07. The molecular formula is C22H34N4O4S2. The quantitative estimate of drug-likeness (QED) is 0.576. The first-order valence-corrected chi connectivity index (χ1v) is 13.6. The Morgan fingerprint density at radius 1 is 1.25 bits per heavy atom. The lowest BCUT2D eigenvalue weighted by atomic mass is 9.94. The number of fused-ring (bicyclic) bond motifs is 1. The van der Waals surface area contributed by atoms with Crippen LogP contribution >= 0.6 is 11.3 Å². The molecule has 2 atom stereocenters. The zero-order chi connectivity index (χ0) is 23.6. The smallest absolute Gasteiger partial charge is 0.263 e. The molecule has 0 radical (unpaired) electrons. The van der Waals surface area contributed by atoms with Gasteiger partial charge in [-0.15, -0.1) is 11.3 Å². The lowest BCUT2D eigenvalue weighted by molar-refractivity contribution is -0.131. The first-order chi connectivity index (χ1) is 15.1. The second-order valence-electron chi connectivity index (χ2n) is 8.94. The molecule has 1 aliphatic heterocycles. The van der Waals surface area contributed by atoms with Crippen LogP contribution in [0.15, 0.2) is 16.0 Å². The molecular weight excluding hydrogens is 448 g/mol. The summed E-state index contributed by atoms with van der Waals surface area (Å²) in [5.41, 5.74) is -0.476. The highest BCUT2D eigenvalue weighted by molar-refractivity contribution is 7.89. The van der Waals surface area contributed by atoms with Gasteiger partial charge >= 0.3 is 0 Å². The van der Waals surface area contributed by atoms with E-state index >= 15 is 0 Å². The van der Waals surface area contributed by atoms with Gasteiger partial charge in [-0.3, -0.25) is 14.2 Å². The van der Waals surface area contributed by atoms with Gasteiger partial charge in [0.25, 0.3) is 5.56 Å². The SMILES string of the molecule is CCCCN(CC)C(=O)Cn1cnc2sc(C)c(S(=O)(=O)N3CC(C)CC(C)C3)c2c1=O. The molecule has 1 amide bonds. The molecule has 0 aromatic carbocycles. The van der Waals surface area contributed by atoms with Crippen LogP contribution < -0.4 is 5.56 Å². The maximum Gasteiger partial charge on any atom is 0.263 e. The van der Waals surface area contributed by atoms with Gasteiger partial charge in [-0.1, -0.05) is 27.2 Å². The van der Waals surface area contributed by atoms with Gasteiger partial charge in [0.05, 0.1) is 11.7 Å². The van der Waals surface area contributed by atoms with Crippen molar-refractivity contribution in [3.05, 3.63) is 21.6 Å². The molecule has 0 aliphatic carbocycles. The number of sulfonamides is 1. The molecule has 3 heterocycles. The third-order valence-electron chi connectivity index (χ3n) is 6.05. The molecule has 0 bridgehead atoms. The van der Waals surface area contributed by atoms with Crippen LogP contribution in [-0.4, -0.2) is 59.3 Å². The van der Waals surface area contributed by atoms with E-state index in [-0.39, 0.29) is 34.6 Å². The Labute approximate surface area is 194 Å². The van der Waals surface area contributed by atoms with Crippen molar-refractivity contribution < 1.29 is 13.2 Å². The summed E-state index contributed by atoms with van der Waals surface area (Å²) in [5.74, 6) is 0.350. The summed E-state index contributed by atoms with van der Waals surface area (Å²) in [4.78, 5) is 33.2. The van der Waals surface area contributed by atoms with Crippen LogP contribution in [0.5, 0.6) is 0 Å². The van der Waals surface area contributed by atoms with E-state index in [2.05, 4.69) is 25.8 Å². The highest BCUT2D eigenvalue weighted by atomic mass is 32.2. The first-order valence-electron chi connectivity index (χ1n) is 11.4. The average molecular weight is 483 g/mol. The number of aromatic nitrogens is 2. The summed E-state index contributed by atoms with van der Waals surface area (Å²) in [6.45, 7) is 11.7. The van der Waals surface area contributed by atoms with Gasteiger partial charge in [-0.25, -0.2) is 13.4 Å². The fourth-order valence-electron chi connectivity index (χ4n) is 4.52. The van der Waals surface area contributed by atoms with Crippen molar-refractivity contribution in [3.8, 4) is 0 Å². The normalized spacial score (nSPS) is 20.0. The Morgan fingerprint density at radius 3 is 2.50 bits per heavy atom.